The normalized spacial score (nSPS) is 12.1. The molecule has 28 heavy (non-hydrogen) atoms. The predicted octanol–water partition coefficient (Wildman–Crippen LogP) is 3.96. The summed E-state index contributed by atoms with van der Waals surface area (Å²) in [7, 11) is 1.56. The van der Waals surface area contributed by atoms with Gasteiger partial charge in [0.15, 0.2) is 6.10 Å². The van der Waals surface area contributed by atoms with Gasteiger partial charge in [-0.15, -0.1) is 10.2 Å². The minimum absolute atomic E-state index is 0.139. The van der Waals surface area contributed by atoms with Crippen LogP contribution in [0.5, 0.6) is 5.75 Å². The lowest BCUT2D eigenvalue weighted by molar-refractivity contribution is -0.144. The van der Waals surface area contributed by atoms with Crippen molar-refractivity contribution in [2.24, 2.45) is 0 Å². The fourth-order valence-corrected chi connectivity index (χ4v) is 2.37. The molecule has 0 spiro atoms. The number of methoxy groups -OCH3 is 1. The van der Waals surface area contributed by atoms with Crippen LogP contribution >= 0.6 is 0 Å². The molecule has 2 aromatic carbocycles. The lowest BCUT2D eigenvalue weighted by Crippen LogP contribution is -2.11. The summed E-state index contributed by atoms with van der Waals surface area (Å²) < 4.78 is 16.0. The average Bonchev–Trinajstić information content (AvgIpc) is 3.23. The van der Waals surface area contributed by atoms with Crippen LogP contribution < -0.4 is 4.74 Å². The van der Waals surface area contributed by atoms with E-state index in [0.717, 1.165) is 5.56 Å². The Morgan fingerprint density at radius 1 is 1.14 bits per heavy atom. The molecule has 1 atom stereocenters. The number of hydrogen-bond donors (Lipinski definition) is 0. The topological polar surface area (TPSA) is 98.2 Å². The van der Waals surface area contributed by atoms with Crippen molar-refractivity contribution in [3.8, 4) is 23.3 Å². The standard InChI is InChI=1S/C21H17N3O4/c1-14(19-23-24-20(28-19)16-6-4-3-5-7-16)27-21(25)17(13-22)12-15-8-10-18(26-2)11-9-15/h3-12,14H,1-2H3/b17-12+/t14-/m1/s1. The smallest absolute Gasteiger partial charge is 0.349 e. The SMILES string of the molecule is COc1ccc(/C=C(\C#N)C(=O)O[C@H](C)c2nnc(-c3ccccc3)o2)cc1. The summed E-state index contributed by atoms with van der Waals surface area (Å²) >= 11 is 0. The summed E-state index contributed by atoms with van der Waals surface area (Å²) in [5.41, 5.74) is 1.29. The number of esters is 1. The Bertz CT molecular complexity index is 1020. The molecule has 3 aromatic rings. The van der Waals surface area contributed by atoms with Crippen LogP contribution in [0.25, 0.3) is 17.5 Å². The zero-order valence-corrected chi connectivity index (χ0v) is 15.3. The molecule has 7 nitrogen and oxygen atoms in total. The van der Waals surface area contributed by atoms with Gasteiger partial charge < -0.3 is 13.9 Å². The molecule has 0 aliphatic heterocycles. The van der Waals surface area contributed by atoms with Gasteiger partial charge in [-0.05, 0) is 42.8 Å². The molecule has 0 radical (unpaired) electrons. The molecule has 0 N–H and O–H groups in total. The second-order valence-electron chi connectivity index (χ2n) is 5.80. The Morgan fingerprint density at radius 3 is 2.50 bits per heavy atom. The van der Waals surface area contributed by atoms with E-state index in [1.54, 1.807) is 38.3 Å². The molecule has 0 amide bonds. The second kappa shape index (κ2) is 8.64. The molecule has 0 aliphatic rings. The molecule has 0 saturated heterocycles. The van der Waals surface area contributed by atoms with Gasteiger partial charge in [-0.25, -0.2) is 4.79 Å². The molecule has 0 bridgehead atoms. The zero-order chi connectivity index (χ0) is 19.9. The van der Waals surface area contributed by atoms with Crippen LogP contribution in [0.2, 0.25) is 0 Å². The van der Waals surface area contributed by atoms with Crippen molar-refractivity contribution in [2.75, 3.05) is 7.11 Å². The number of rotatable bonds is 6. The summed E-state index contributed by atoms with van der Waals surface area (Å²) in [4.78, 5) is 12.3. The average molecular weight is 375 g/mol. The van der Waals surface area contributed by atoms with Gasteiger partial charge in [0.1, 0.15) is 17.4 Å². The van der Waals surface area contributed by atoms with Crippen LogP contribution in [0, 0.1) is 11.3 Å². The first kappa shape index (κ1) is 18.9. The van der Waals surface area contributed by atoms with E-state index in [9.17, 15) is 10.1 Å². The highest BCUT2D eigenvalue weighted by atomic mass is 16.6. The highest BCUT2D eigenvalue weighted by Crippen LogP contribution is 2.23. The van der Waals surface area contributed by atoms with Crippen LogP contribution in [-0.4, -0.2) is 23.3 Å². The van der Waals surface area contributed by atoms with Gasteiger partial charge in [0.25, 0.3) is 5.89 Å². The molecule has 0 unspecified atom stereocenters. The summed E-state index contributed by atoms with van der Waals surface area (Å²) in [6, 6.07) is 18.0. The molecule has 0 fully saturated rings. The fraction of sp³-hybridized carbons (Fsp3) is 0.143. The van der Waals surface area contributed by atoms with Crippen molar-refractivity contribution in [1.82, 2.24) is 10.2 Å². The third-order valence-electron chi connectivity index (χ3n) is 3.86. The Morgan fingerprint density at radius 2 is 1.86 bits per heavy atom. The van der Waals surface area contributed by atoms with Gasteiger partial charge in [0.05, 0.1) is 7.11 Å². The Hall–Kier alpha value is -3.92. The maximum Gasteiger partial charge on any atom is 0.349 e. The van der Waals surface area contributed by atoms with Gasteiger partial charge in [0.2, 0.25) is 5.89 Å². The number of carbonyl (C=O) groups excluding carboxylic acids is 1. The summed E-state index contributed by atoms with van der Waals surface area (Å²) in [5, 5.41) is 17.2. The number of nitriles is 1. The van der Waals surface area contributed by atoms with Crippen molar-refractivity contribution in [1.29, 1.82) is 5.26 Å². The van der Waals surface area contributed by atoms with E-state index in [2.05, 4.69) is 10.2 Å². The van der Waals surface area contributed by atoms with E-state index >= 15 is 0 Å². The first-order valence-corrected chi connectivity index (χ1v) is 8.46. The maximum atomic E-state index is 12.3. The molecule has 0 saturated carbocycles. The fourth-order valence-electron chi connectivity index (χ4n) is 2.37. The lowest BCUT2D eigenvalue weighted by Gasteiger charge is -2.08. The zero-order valence-electron chi connectivity index (χ0n) is 15.3. The lowest BCUT2D eigenvalue weighted by atomic mass is 10.1. The minimum Gasteiger partial charge on any atom is -0.497 e. The van der Waals surface area contributed by atoms with Gasteiger partial charge in [-0.2, -0.15) is 5.26 Å². The van der Waals surface area contributed by atoms with E-state index in [1.807, 2.05) is 36.4 Å². The maximum absolute atomic E-state index is 12.3. The third kappa shape index (κ3) is 4.43. The highest BCUT2D eigenvalue weighted by molar-refractivity contribution is 5.98. The quantitative estimate of drug-likeness (QED) is 0.365. The predicted molar refractivity (Wildman–Crippen MR) is 101 cm³/mol. The summed E-state index contributed by atoms with van der Waals surface area (Å²) in [6.45, 7) is 1.60. The highest BCUT2D eigenvalue weighted by Gasteiger charge is 2.21. The van der Waals surface area contributed by atoms with Crippen LogP contribution in [-0.2, 0) is 9.53 Å². The number of aromatic nitrogens is 2. The van der Waals surface area contributed by atoms with E-state index < -0.39 is 12.1 Å². The van der Waals surface area contributed by atoms with Crippen molar-refractivity contribution < 1.29 is 18.7 Å². The van der Waals surface area contributed by atoms with E-state index in [0.29, 0.717) is 17.2 Å². The van der Waals surface area contributed by atoms with Crippen molar-refractivity contribution in [3.63, 3.8) is 0 Å². The summed E-state index contributed by atoms with van der Waals surface area (Å²) in [6.07, 6.45) is 0.641. The minimum atomic E-state index is -0.801. The van der Waals surface area contributed by atoms with Crippen LogP contribution in [0.4, 0.5) is 0 Å². The molecule has 0 aliphatic carbocycles. The number of ether oxygens (including phenoxy) is 2. The van der Waals surface area contributed by atoms with Gasteiger partial charge in [-0.3, -0.25) is 0 Å². The largest absolute Gasteiger partial charge is 0.497 e. The second-order valence-corrected chi connectivity index (χ2v) is 5.80. The van der Waals surface area contributed by atoms with Crippen LogP contribution in [0.15, 0.2) is 64.6 Å². The monoisotopic (exact) mass is 375 g/mol. The third-order valence-corrected chi connectivity index (χ3v) is 3.86. The van der Waals surface area contributed by atoms with Crippen LogP contribution in [0.3, 0.4) is 0 Å². The Balaban J connectivity index is 1.71. The van der Waals surface area contributed by atoms with Crippen molar-refractivity contribution in [2.45, 2.75) is 13.0 Å². The molecular weight excluding hydrogens is 358 g/mol. The summed E-state index contributed by atoms with van der Waals surface area (Å²) in [5.74, 6) is 0.379. The number of carbonyl (C=O) groups is 1. The molecule has 1 aromatic heterocycles. The Labute approximate surface area is 161 Å². The molecule has 1 heterocycles. The molecule has 3 rings (SSSR count). The first-order valence-electron chi connectivity index (χ1n) is 8.46. The van der Waals surface area contributed by atoms with E-state index in [1.165, 1.54) is 6.08 Å². The van der Waals surface area contributed by atoms with Crippen molar-refractivity contribution in [3.05, 3.63) is 71.6 Å². The first-order chi connectivity index (χ1) is 13.6. The number of hydrogen-bond acceptors (Lipinski definition) is 7. The van der Waals surface area contributed by atoms with Gasteiger partial charge in [-0.1, -0.05) is 30.3 Å². The van der Waals surface area contributed by atoms with E-state index in [4.69, 9.17) is 13.9 Å². The van der Waals surface area contributed by atoms with E-state index in [-0.39, 0.29) is 11.5 Å². The number of nitrogens with zero attached hydrogens (tertiary/aromatic N) is 3. The van der Waals surface area contributed by atoms with Gasteiger partial charge >= 0.3 is 5.97 Å². The molecule has 7 heteroatoms. The molecule has 140 valence electrons. The Kier molecular flexibility index (Phi) is 5.82. The number of benzene rings is 2. The van der Waals surface area contributed by atoms with Crippen molar-refractivity contribution >= 4 is 12.0 Å². The van der Waals surface area contributed by atoms with Gasteiger partial charge in [0, 0.05) is 5.56 Å². The molecular formula is C21H17N3O4. The van der Waals surface area contributed by atoms with Crippen LogP contribution in [0.1, 0.15) is 24.5 Å².